The van der Waals surface area contributed by atoms with E-state index in [0.717, 1.165) is 12.8 Å². The van der Waals surface area contributed by atoms with E-state index in [0.29, 0.717) is 18.1 Å². The first-order valence-corrected chi connectivity index (χ1v) is 9.05. The summed E-state index contributed by atoms with van der Waals surface area (Å²) in [7, 11) is 0. The molecule has 1 heterocycles. The van der Waals surface area contributed by atoms with Crippen LogP contribution in [0.5, 0.6) is 0 Å². The van der Waals surface area contributed by atoms with Gasteiger partial charge in [0.25, 0.3) is 5.91 Å². The Hall–Kier alpha value is -1.36. The lowest BCUT2D eigenvalue weighted by atomic mass is 10.1. The Labute approximate surface area is 140 Å². The van der Waals surface area contributed by atoms with Crippen LogP contribution in [0.3, 0.4) is 0 Å². The molecule has 0 aromatic carbocycles. The van der Waals surface area contributed by atoms with Crippen molar-refractivity contribution in [2.24, 2.45) is 11.7 Å². The van der Waals surface area contributed by atoms with E-state index in [1.807, 2.05) is 13.8 Å². The van der Waals surface area contributed by atoms with Crippen LogP contribution >= 0.6 is 0 Å². The Morgan fingerprint density at radius 3 is 2.39 bits per heavy atom. The summed E-state index contributed by atoms with van der Waals surface area (Å²) < 4.78 is 5.30. The standard InChI is InChI=1S/C18H33N3O2/c1-4-5-6-7-8-9-10-11-12-20-17(22)15-13-23-18(21-15)16(19)14(2)3/h13-14,16H,4-12,19H2,1-3H3,(H,20,22). The lowest BCUT2D eigenvalue weighted by molar-refractivity contribution is 0.0948. The number of aromatic nitrogens is 1. The first-order valence-electron chi connectivity index (χ1n) is 9.05. The van der Waals surface area contributed by atoms with E-state index in [2.05, 4.69) is 17.2 Å². The summed E-state index contributed by atoms with van der Waals surface area (Å²) in [6.07, 6.45) is 11.4. The largest absolute Gasteiger partial charge is 0.446 e. The van der Waals surface area contributed by atoms with E-state index in [4.69, 9.17) is 10.2 Å². The fourth-order valence-electron chi connectivity index (χ4n) is 2.38. The van der Waals surface area contributed by atoms with Crippen molar-refractivity contribution >= 4 is 5.91 Å². The maximum absolute atomic E-state index is 12.0. The van der Waals surface area contributed by atoms with Gasteiger partial charge in [-0.1, -0.05) is 65.7 Å². The van der Waals surface area contributed by atoms with Crippen molar-refractivity contribution in [2.75, 3.05) is 6.54 Å². The Balaban J connectivity index is 2.15. The lowest BCUT2D eigenvalue weighted by Gasteiger charge is -2.10. The number of amides is 1. The molecule has 5 nitrogen and oxygen atoms in total. The van der Waals surface area contributed by atoms with Crippen LogP contribution in [0.15, 0.2) is 10.7 Å². The predicted molar refractivity (Wildman–Crippen MR) is 93.2 cm³/mol. The number of carbonyl (C=O) groups excluding carboxylic acids is 1. The monoisotopic (exact) mass is 323 g/mol. The van der Waals surface area contributed by atoms with Crippen molar-refractivity contribution in [1.29, 1.82) is 0 Å². The van der Waals surface area contributed by atoms with Crippen LogP contribution < -0.4 is 11.1 Å². The van der Waals surface area contributed by atoms with Gasteiger partial charge in [-0.3, -0.25) is 4.79 Å². The second-order valence-electron chi connectivity index (χ2n) is 6.57. The van der Waals surface area contributed by atoms with Gasteiger partial charge in [0, 0.05) is 6.54 Å². The van der Waals surface area contributed by atoms with Crippen molar-refractivity contribution in [3.63, 3.8) is 0 Å². The van der Waals surface area contributed by atoms with Gasteiger partial charge in [0.1, 0.15) is 6.26 Å². The summed E-state index contributed by atoms with van der Waals surface area (Å²) in [6.45, 7) is 6.91. The number of carbonyl (C=O) groups is 1. The van der Waals surface area contributed by atoms with E-state index in [9.17, 15) is 4.79 Å². The fraction of sp³-hybridized carbons (Fsp3) is 0.778. The van der Waals surface area contributed by atoms with Gasteiger partial charge in [-0.15, -0.1) is 0 Å². The van der Waals surface area contributed by atoms with Crippen LogP contribution in [0.1, 0.15) is 94.6 Å². The van der Waals surface area contributed by atoms with E-state index in [1.165, 1.54) is 44.8 Å². The average molecular weight is 323 g/mol. The van der Waals surface area contributed by atoms with E-state index < -0.39 is 0 Å². The zero-order chi connectivity index (χ0) is 17.1. The number of rotatable bonds is 12. The second kappa shape index (κ2) is 11.2. The van der Waals surface area contributed by atoms with Crippen molar-refractivity contribution in [3.8, 4) is 0 Å². The van der Waals surface area contributed by atoms with Gasteiger partial charge in [0.2, 0.25) is 5.89 Å². The summed E-state index contributed by atoms with van der Waals surface area (Å²) in [6, 6.07) is -0.274. The molecule has 0 aliphatic rings. The Kier molecular flexibility index (Phi) is 9.60. The molecule has 0 saturated carbocycles. The zero-order valence-electron chi connectivity index (χ0n) is 14.9. The number of nitrogens with one attached hydrogen (secondary N) is 1. The quantitative estimate of drug-likeness (QED) is 0.565. The lowest BCUT2D eigenvalue weighted by Crippen LogP contribution is -2.25. The van der Waals surface area contributed by atoms with Gasteiger partial charge in [0.15, 0.2) is 5.69 Å². The van der Waals surface area contributed by atoms with Gasteiger partial charge < -0.3 is 15.5 Å². The molecule has 1 amide bonds. The third-order valence-electron chi connectivity index (χ3n) is 4.07. The molecule has 0 aliphatic carbocycles. The molecule has 0 fully saturated rings. The second-order valence-corrected chi connectivity index (χ2v) is 6.57. The van der Waals surface area contributed by atoms with Gasteiger partial charge in [-0.05, 0) is 12.3 Å². The van der Waals surface area contributed by atoms with Gasteiger partial charge in [-0.25, -0.2) is 4.98 Å². The summed E-state index contributed by atoms with van der Waals surface area (Å²) in [4.78, 5) is 16.2. The number of hydrogen-bond donors (Lipinski definition) is 2. The van der Waals surface area contributed by atoms with Crippen molar-refractivity contribution in [1.82, 2.24) is 10.3 Å². The minimum absolute atomic E-state index is 0.182. The molecule has 0 saturated heterocycles. The van der Waals surface area contributed by atoms with Crippen LogP contribution in [-0.2, 0) is 0 Å². The fourth-order valence-corrected chi connectivity index (χ4v) is 2.38. The van der Waals surface area contributed by atoms with E-state index in [1.54, 1.807) is 0 Å². The summed E-state index contributed by atoms with van der Waals surface area (Å²) in [5, 5.41) is 2.89. The zero-order valence-corrected chi connectivity index (χ0v) is 14.9. The van der Waals surface area contributed by atoms with Crippen LogP contribution in [-0.4, -0.2) is 17.4 Å². The molecule has 0 radical (unpaired) electrons. The normalized spacial score (nSPS) is 12.6. The van der Waals surface area contributed by atoms with Crippen molar-refractivity contribution in [3.05, 3.63) is 17.8 Å². The highest BCUT2D eigenvalue weighted by molar-refractivity contribution is 5.91. The van der Waals surface area contributed by atoms with Crippen LogP contribution in [0.2, 0.25) is 0 Å². The molecule has 0 spiro atoms. The Morgan fingerprint density at radius 1 is 1.17 bits per heavy atom. The summed E-state index contributed by atoms with van der Waals surface area (Å²) in [5.41, 5.74) is 6.28. The number of unbranched alkanes of at least 4 members (excludes halogenated alkanes) is 7. The molecule has 1 aromatic rings. The topological polar surface area (TPSA) is 81.2 Å². The van der Waals surface area contributed by atoms with Gasteiger partial charge in [-0.2, -0.15) is 0 Å². The smallest absolute Gasteiger partial charge is 0.273 e. The third kappa shape index (κ3) is 7.64. The molecule has 1 aromatic heterocycles. The highest BCUT2D eigenvalue weighted by Gasteiger charge is 2.19. The molecule has 1 atom stereocenters. The molecule has 1 rings (SSSR count). The maximum atomic E-state index is 12.0. The predicted octanol–water partition coefficient (Wildman–Crippen LogP) is 4.20. The van der Waals surface area contributed by atoms with Gasteiger partial charge >= 0.3 is 0 Å². The first-order chi connectivity index (χ1) is 11.1. The molecule has 0 bridgehead atoms. The number of nitrogens with two attached hydrogens (primary N) is 1. The first kappa shape index (κ1) is 19.7. The number of hydrogen-bond acceptors (Lipinski definition) is 4. The molecular formula is C18H33N3O2. The van der Waals surface area contributed by atoms with E-state index >= 15 is 0 Å². The van der Waals surface area contributed by atoms with Crippen LogP contribution in [0.25, 0.3) is 0 Å². The highest BCUT2D eigenvalue weighted by atomic mass is 16.3. The molecule has 5 heteroatoms. The molecule has 132 valence electrons. The van der Waals surface area contributed by atoms with Crippen LogP contribution in [0, 0.1) is 5.92 Å². The third-order valence-corrected chi connectivity index (χ3v) is 4.07. The highest BCUT2D eigenvalue weighted by Crippen LogP contribution is 2.17. The number of nitrogens with zero attached hydrogens (tertiary/aromatic N) is 1. The minimum atomic E-state index is -0.274. The van der Waals surface area contributed by atoms with E-state index in [-0.39, 0.29) is 17.9 Å². The molecule has 3 N–H and O–H groups in total. The Bertz CT molecular complexity index is 443. The number of oxazole rings is 1. The molecule has 1 unspecified atom stereocenters. The van der Waals surface area contributed by atoms with Gasteiger partial charge in [0.05, 0.1) is 6.04 Å². The van der Waals surface area contributed by atoms with Crippen LogP contribution in [0.4, 0.5) is 0 Å². The SMILES string of the molecule is CCCCCCCCCCNC(=O)c1coc(C(N)C(C)C)n1. The van der Waals surface area contributed by atoms with Crippen molar-refractivity contribution < 1.29 is 9.21 Å². The summed E-state index contributed by atoms with van der Waals surface area (Å²) in [5.74, 6) is 0.470. The maximum Gasteiger partial charge on any atom is 0.273 e. The minimum Gasteiger partial charge on any atom is -0.446 e. The van der Waals surface area contributed by atoms with Crippen molar-refractivity contribution in [2.45, 2.75) is 78.2 Å². The molecule has 23 heavy (non-hydrogen) atoms. The molecular weight excluding hydrogens is 290 g/mol. The average Bonchev–Trinajstić information content (AvgIpc) is 3.02. The summed E-state index contributed by atoms with van der Waals surface area (Å²) >= 11 is 0. The molecule has 0 aliphatic heterocycles. The Morgan fingerprint density at radius 2 is 1.78 bits per heavy atom.